The highest BCUT2D eigenvalue weighted by molar-refractivity contribution is 5.84. The van der Waals surface area contributed by atoms with Crippen LogP contribution < -0.4 is 5.32 Å². The molecule has 4 nitrogen and oxygen atoms in total. The number of aliphatic hydroxyl groups excluding tert-OH is 1. The fourth-order valence-corrected chi connectivity index (χ4v) is 3.49. The molecule has 0 bridgehead atoms. The maximum Gasteiger partial charge on any atom is 0.227 e. The maximum absolute atomic E-state index is 12.6. The second-order valence-corrected chi connectivity index (χ2v) is 6.94. The van der Waals surface area contributed by atoms with Crippen LogP contribution in [0.15, 0.2) is 30.3 Å². The molecule has 0 radical (unpaired) electrons. The Morgan fingerprint density at radius 2 is 1.87 bits per heavy atom. The Kier molecular flexibility index (Phi) is 5.68. The minimum Gasteiger partial charge on any atom is -0.393 e. The SMILES string of the molecule is O=C(NCCCN1CCC(O)CC1)C(c1ccccc1)C1CC1. The van der Waals surface area contributed by atoms with E-state index >= 15 is 0 Å². The molecule has 1 aliphatic heterocycles. The Morgan fingerprint density at radius 1 is 1.17 bits per heavy atom. The highest BCUT2D eigenvalue weighted by Gasteiger charge is 2.36. The molecule has 1 saturated carbocycles. The van der Waals surface area contributed by atoms with Crippen LogP contribution in [0.5, 0.6) is 0 Å². The maximum atomic E-state index is 12.6. The van der Waals surface area contributed by atoms with E-state index in [0.717, 1.165) is 51.0 Å². The summed E-state index contributed by atoms with van der Waals surface area (Å²) in [6, 6.07) is 10.2. The zero-order valence-corrected chi connectivity index (χ0v) is 13.8. The summed E-state index contributed by atoms with van der Waals surface area (Å²) in [5.74, 6) is 0.745. The Labute approximate surface area is 138 Å². The fraction of sp³-hybridized carbons (Fsp3) is 0.632. The van der Waals surface area contributed by atoms with Gasteiger partial charge >= 0.3 is 0 Å². The van der Waals surface area contributed by atoms with Crippen molar-refractivity contribution in [1.29, 1.82) is 0 Å². The minimum absolute atomic E-state index is 0.0290. The standard InChI is InChI=1S/C19H28N2O2/c22-17-9-13-21(14-10-17)12-4-11-20-19(23)18(16-7-8-16)15-5-2-1-3-6-15/h1-3,5-6,16-18,22H,4,7-14H2,(H,20,23). The van der Waals surface area contributed by atoms with Gasteiger partial charge in [0.2, 0.25) is 5.91 Å². The number of likely N-dealkylation sites (tertiary alicyclic amines) is 1. The van der Waals surface area contributed by atoms with Gasteiger partial charge in [0, 0.05) is 19.6 Å². The van der Waals surface area contributed by atoms with Crippen molar-refractivity contribution in [1.82, 2.24) is 10.2 Å². The van der Waals surface area contributed by atoms with E-state index in [1.807, 2.05) is 18.2 Å². The van der Waals surface area contributed by atoms with Gasteiger partial charge in [-0.25, -0.2) is 0 Å². The summed E-state index contributed by atoms with van der Waals surface area (Å²) < 4.78 is 0. The van der Waals surface area contributed by atoms with Gasteiger partial charge in [-0.1, -0.05) is 30.3 Å². The van der Waals surface area contributed by atoms with Crippen molar-refractivity contribution in [3.05, 3.63) is 35.9 Å². The quantitative estimate of drug-likeness (QED) is 0.758. The van der Waals surface area contributed by atoms with Crippen molar-refractivity contribution in [2.45, 2.75) is 44.1 Å². The molecule has 4 heteroatoms. The van der Waals surface area contributed by atoms with Crippen LogP contribution in [0.3, 0.4) is 0 Å². The van der Waals surface area contributed by atoms with Crippen LogP contribution in [0.2, 0.25) is 0 Å². The molecule has 0 spiro atoms. The molecule has 23 heavy (non-hydrogen) atoms. The monoisotopic (exact) mass is 316 g/mol. The second kappa shape index (κ2) is 7.93. The highest BCUT2D eigenvalue weighted by Crippen LogP contribution is 2.42. The van der Waals surface area contributed by atoms with Crippen molar-refractivity contribution in [2.24, 2.45) is 5.92 Å². The molecule has 1 unspecified atom stereocenters. The lowest BCUT2D eigenvalue weighted by Crippen LogP contribution is -2.38. The number of rotatable bonds is 7. The number of nitrogens with one attached hydrogen (secondary N) is 1. The van der Waals surface area contributed by atoms with Crippen LogP contribution in [-0.4, -0.2) is 48.2 Å². The van der Waals surface area contributed by atoms with Crippen molar-refractivity contribution < 1.29 is 9.90 Å². The smallest absolute Gasteiger partial charge is 0.227 e. The number of hydrogen-bond acceptors (Lipinski definition) is 3. The van der Waals surface area contributed by atoms with Crippen LogP contribution in [0.1, 0.15) is 43.6 Å². The van der Waals surface area contributed by atoms with Gasteiger partial charge in [-0.3, -0.25) is 4.79 Å². The summed E-state index contributed by atoms with van der Waals surface area (Å²) in [6.07, 6.45) is 4.96. The molecule has 3 rings (SSSR count). The van der Waals surface area contributed by atoms with Gasteiger partial charge in [-0.2, -0.15) is 0 Å². The van der Waals surface area contributed by atoms with E-state index in [1.165, 1.54) is 12.8 Å². The molecule has 2 N–H and O–H groups in total. The fourth-order valence-electron chi connectivity index (χ4n) is 3.49. The summed E-state index contributed by atoms with van der Waals surface area (Å²) in [7, 11) is 0. The molecule has 2 aliphatic rings. The van der Waals surface area contributed by atoms with Crippen LogP contribution >= 0.6 is 0 Å². The van der Waals surface area contributed by atoms with Crippen molar-refractivity contribution in [3.63, 3.8) is 0 Å². The largest absolute Gasteiger partial charge is 0.393 e. The molecule has 1 aromatic rings. The minimum atomic E-state index is -0.115. The van der Waals surface area contributed by atoms with Gasteiger partial charge < -0.3 is 15.3 Å². The van der Waals surface area contributed by atoms with Gasteiger partial charge in [-0.15, -0.1) is 0 Å². The van der Waals surface area contributed by atoms with Crippen LogP contribution in [0.25, 0.3) is 0 Å². The number of piperidine rings is 1. The number of benzene rings is 1. The molecule has 0 aromatic heterocycles. The molecule has 126 valence electrons. The van der Waals surface area contributed by atoms with Gasteiger partial charge in [0.15, 0.2) is 0 Å². The number of carbonyl (C=O) groups excluding carboxylic acids is 1. The highest BCUT2D eigenvalue weighted by atomic mass is 16.3. The van der Waals surface area contributed by atoms with Crippen molar-refractivity contribution >= 4 is 5.91 Å². The third-order valence-electron chi connectivity index (χ3n) is 5.04. The first-order valence-corrected chi connectivity index (χ1v) is 8.97. The van der Waals surface area contributed by atoms with Gasteiger partial charge in [-0.05, 0) is 50.1 Å². The first-order chi connectivity index (χ1) is 11.2. The van der Waals surface area contributed by atoms with E-state index in [9.17, 15) is 9.90 Å². The molecule has 1 heterocycles. The lowest BCUT2D eigenvalue weighted by atomic mass is 9.93. The summed E-state index contributed by atoms with van der Waals surface area (Å²) in [5, 5.41) is 12.7. The summed E-state index contributed by atoms with van der Waals surface area (Å²) in [6.45, 7) is 3.70. The number of amides is 1. The summed E-state index contributed by atoms with van der Waals surface area (Å²) in [5.41, 5.74) is 1.15. The molecular weight excluding hydrogens is 288 g/mol. The zero-order valence-electron chi connectivity index (χ0n) is 13.8. The molecule has 2 fully saturated rings. The van der Waals surface area contributed by atoms with E-state index in [0.29, 0.717) is 5.92 Å². The Balaban J connectivity index is 1.41. The zero-order chi connectivity index (χ0) is 16.1. The number of hydrogen-bond donors (Lipinski definition) is 2. The third kappa shape index (κ3) is 4.79. The van der Waals surface area contributed by atoms with Crippen LogP contribution in [0.4, 0.5) is 0 Å². The molecule has 1 aromatic carbocycles. The molecular formula is C19H28N2O2. The number of nitrogens with zero attached hydrogens (tertiary/aromatic N) is 1. The van der Waals surface area contributed by atoms with E-state index in [1.54, 1.807) is 0 Å². The first kappa shape index (κ1) is 16.5. The Bertz CT molecular complexity index is 493. The van der Waals surface area contributed by atoms with Crippen LogP contribution in [-0.2, 0) is 4.79 Å². The van der Waals surface area contributed by atoms with Crippen LogP contribution in [0, 0.1) is 5.92 Å². The normalized spacial score (nSPS) is 21.1. The van der Waals surface area contributed by atoms with Crippen molar-refractivity contribution in [2.75, 3.05) is 26.2 Å². The van der Waals surface area contributed by atoms with E-state index in [4.69, 9.17) is 0 Å². The van der Waals surface area contributed by atoms with Gasteiger partial charge in [0.05, 0.1) is 12.0 Å². The van der Waals surface area contributed by atoms with E-state index in [2.05, 4.69) is 22.3 Å². The topological polar surface area (TPSA) is 52.6 Å². The molecule has 1 saturated heterocycles. The Morgan fingerprint density at radius 3 is 2.52 bits per heavy atom. The van der Waals surface area contributed by atoms with Crippen molar-refractivity contribution in [3.8, 4) is 0 Å². The Hall–Kier alpha value is -1.39. The average molecular weight is 316 g/mol. The molecule has 1 aliphatic carbocycles. The van der Waals surface area contributed by atoms with Gasteiger partial charge in [0.25, 0.3) is 0 Å². The van der Waals surface area contributed by atoms with Gasteiger partial charge in [0.1, 0.15) is 0 Å². The summed E-state index contributed by atoms with van der Waals surface area (Å²) >= 11 is 0. The molecule has 1 atom stereocenters. The number of carbonyl (C=O) groups is 1. The molecule has 1 amide bonds. The second-order valence-electron chi connectivity index (χ2n) is 6.94. The number of aliphatic hydroxyl groups is 1. The summed E-state index contributed by atoms with van der Waals surface area (Å²) in [4.78, 5) is 14.9. The third-order valence-corrected chi connectivity index (χ3v) is 5.04. The lowest BCUT2D eigenvalue weighted by Gasteiger charge is -2.29. The lowest BCUT2D eigenvalue weighted by molar-refractivity contribution is -0.123. The first-order valence-electron chi connectivity index (χ1n) is 8.97. The predicted molar refractivity (Wildman–Crippen MR) is 91.2 cm³/mol. The van der Waals surface area contributed by atoms with E-state index in [-0.39, 0.29) is 17.9 Å². The predicted octanol–water partition coefficient (Wildman–Crippen LogP) is 2.14. The average Bonchev–Trinajstić information content (AvgIpc) is 3.39. The van der Waals surface area contributed by atoms with E-state index < -0.39 is 0 Å².